The summed E-state index contributed by atoms with van der Waals surface area (Å²) < 4.78 is 4.76. The molecule has 3 rings (SSSR count). The van der Waals surface area contributed by atoms with E-state index in [2.05, 4.69) is 15.0 Å². The van der Waals surface area contributed by atoms with Crippen molar-refractivity contribution in [3.05, 3.63) is 29.1 Å². The average Bonchev–Trinajstić information content (AvgIpc) is 2.82. The molecule has 0 saturated heterocycles. The third-order valence-electron chi connectivity index (χ3n) is 3.16. The molecule has 6 heteroatoms. The van der Waals surface area contributed by atoms with Gasteiger partial charge in [-0.3, -0.25) is 0 Å². The number of fused-ring (bicyclic) bond motifs is 3. The summed E-state index contributed by atoms with van der Waals surface area (Å²) in [6.07, 6.45) is 4.96. The van der Waals surface area contributed by atoms with E-state index in [-0.39, 0.29) is 11.9 Å². The lowest BCUT2D eigenvalue weighted by Gasteiger charge is -2.15. The summed E-state index contributed by atoms with van der Waals surface area (Å²) in [4.78, 5) is 22.9. The zero-order valence-electron chi connectivity index (χ0n) is 9.86. The third kappa shape index (κ3) is 1.46. The fourth-order valence-electron chi connectivity index (χ4n) is 2.30. The molecule has 2 heterocycles. The molecule has 0 aliphatic heterocycles. The van der Waals surface area contributed by atoms with Gasteiger partial charge in [0.2, 0.25) is 5.95 Å². The second kappa shape index (κ2) is 3.83. The summed E-state index contributed by atoms with van der Waals surface area (Å²) in [7, 11) is 1.37. The zero-order chi connectivity index (χ0) is 12.7. The monoisotopic (exact) mass is 244 g/mol. The Morgan fingerprint density at radius 2 is 2.33 bits per heavy atom. The quantitative estimate of drug-likeness (QED) is 0.728. The Balaban J connectivity index is 2.17. The first-order valence-corrected chi connectivity index (χ1v) is 5.61. The molecular weight excluding hydrogens is 232 g/mol. The predicted molar refractivity (Wildman–Crippen MR) is 65.0 cm³/mol. The first-order chi connectivity index (χ1) is 8.70. The van der Waals surface area contributed by atoms with E-state index in [4.69, 9.17) is 10.5 Å². The summed E-state index contributed by atoms with van der Waals surface area (Å²) in [5.41, 5.74) is 9.76. The Hall–Kier alpha value is -2.37. The molecule has 2 aromatic heterocycles. The number of aromatic nitrogens is 3. The molecule has 2 aromatic rings. The number of esters is 1. The molecular formula is C12H12N4O2. The van der Waals surface area contributed by atoms with Crippen LogP contribution in [-0.2, 0) is 17.6 Å². The molecule has 0 bridgehead atoms. The van der Waals surface area contributed by atoms with Crippen molar-refractivity contribution in [1.29, 1.82) is 0 Å². The van der Waals surface area contributed by atoms with Crippen molar-refractivity contribution < 1.29 is 9.53 Å². The number of nitrogens with two attached hydrogens (primary N) is 1. The van der Waals surface area contributed by atoms with E-state index in [0.29, 0.717) is 5.56 Å². The van der Waals surface area contributed by atoms with Crippen LogP contribution in [0.25, 0.3) is 11.4 Å². The number of carbonyl (C=O) groups is 1. The van der Waals surface area contributed by atoms with Gasteiger partial charge in [-0.25, -0.2) is 14.8 Å². The molecule has 1 aliphatic rings. The second-order valence-corrected chi connectivity index (χ2v) is 4.15. The highest BCUT2D eigenvalue weighted by Crippen LogP contribution is 2.33. The van der Waals surface area contributed by atoms with Gasteiger partial charge in [-0.1, -0.05) is 0 Å². The number of rotatable bonds is 1. The van der Waals surface area contributed by atoms with Crippen LogP contribution >= 0.6 is 0 Å². The molecule has 0 fully saturated rings. The van der Waals surface area contributed by atoms with Crippen LogP contribution in [0.1, 0.15) is 21.5 Å². The van der Waals surface area contributed by atoms with Crippen LogP contribution in [0.15, 0.2) is 12.4 Å². The molecule has 1 aliphatic carbocycles. The Kier molecular flexibility index (Phi) is 2.29. The van der Waals surface area contributed by atoms with Gasteiger partial charge in [-0.2, -0.15) is 0 Å². The Labute approximate surface area is 103 Å². The molecule has 92 valence electrons. The first-order valence-electron chi connectivity index (χ1n) is 5.61. The highest BCUT2D eigenvalue weighted by atomic mass is 16.5. The van der Waals surface area contributed by atoms with Gasteiger partial charge in [-0.15, -0.1) is 0 Å². The van der Waals surface area contributed by atoms with Crippen molar-refractivity contribution in [3.63, 3.8) is 0 Å². The van der Waals surface area contributed by atoms with Gasteiger partial charge < -0.3 is 15.5 Å². The number of hydrogen-bond donors (Lipinski definition) is 2. The van der Waals surface area contributed by atoms with Gasteiger partial charge in [0, 0.05) is 12.4 Å². The minimum absolute atomic E-state index is 0.232. The number of nitrogen functional groups attached to an aromatic ring is 1. The van der Waals surface area contributed by atoms with Crippen LogP contribution in [0.5, 0.6) is 0 Å². The summed E-state index contributed by atoms with van der Waals surface area (Å²) in [6, 6.07) is 0. The summed E-state index contributed by atoms with van der Waals surface area (Å²) >= 11 is 0. The van der Waals surface area contributed by atoms with Gasteiger partial charge in [0.15, 0.2) is 0 Å². The largest absolute Gasteiger partial charge is 0.465 e. The fourth-order valence-corrected chi connectivity index (χ4v) is 2.30. The topological polar surface area (TPSA) is 93.9 Å². The molecule has 0 spiro atoms. The predicted octanol–water partition coefficient (Wildman–Crippen LogP) is 0.939. The average molecular weight is 244 g/mol. The molecule has 6 nitrogen and oxygen atoms in total. The molecule has 3 N–H and O–H groups in total. The smallest absolute Gasteiger partial charge is 0.339 e. The summed E-state index contributed by atoms with van der Waals surface area (Å²) in [5, 5.41) is 0. The molecule has 0 atom stereocenters. The Morgan fingerprint density at radius 3 is 3.11 bits per heavy atom. The van der Waals surface area contributed by atoms with E-state index in [1.54, 1.807) is 12.4 Å². The van der Waals surface area contributed by atoms with E-state index in [1.165, 1.54) is 7.11 Å². The molecule has 0 amide bonds. The molecule has 0 saturated carbocycles. The van der Waals surface area contributed by atoms with E-state index < -0.39 is 0 Å². The molecule has 0 aromatic carbocycles. The molecule has 0 radical (unpaired) electrons. The lowest BCUT2D eigenvalue weighted by Crippen LogP contribution is -2.11. The highest BCUT2D eigenvalue weighted by molar-refractivity contribution is 5.93. The lowest BCUT2D eigenvalue weighted by molar-refractivity contribution is 0.0600. The van der Waals surface area contributed by atoms with Gasteiger partial charge in [0.1, 0.15) is 0 Å². The van der Waals surface area contributed by atoms with E-state index in [9.17, 15) is 4.79 Å². The van der Waals surface area contributed by atoms with E-state index in [0.717, 1.165) is 35.4 Å². The minimum Gasteiger partial charge on any atom is -0.465 e. The first kappa shape index (κ1) is 10.8. The van der Waals surface area contributed by atoms with Crippen molar-refractivity contribution >= 4 is 11.9 Å². The number of methoxy groups -OCH3 is 1. The van der Waals surface area contributed by atoms with E-state index >= 15 is 0 Å². The number of anilines is 1. The SMILES string of the molecule is COC(=O)c1c[nH]c2c1CCc1cnc(N)nc1-2. The van der Waals surface area contributed by atoms with Crippen molar-refractivity contribution in [2.24, 2.45) is 0 Å². The van der Waals surface area contributed by atoms with Crippen LogP contribution in [0.3, 0.4) is 0 Å². The Morgan fingerprint density at radius 1 is 1.50 bits per heavy atom. The lowest BCUT2D eigenvalue weighted by atomic mass is 9.93. The Bertz CT molecular complexity index is 633. The van der Waals surface area contributed by atoms with Gasteiger partial charge in [-0.05, 0) is 24.0 Å². The number of nitrogens with zero attached hydrogens (tertiary/aromatic N) is 2. The van der Waals surface area contributed by atoms with Crippen LogP contribution in [0.2, 0.25) is 0 Å². The number of H-pyrrole nitrogens is 1. The number of nitrogens with one attached hydrogen (secondary N) is 1. The number of hydrogen-bond acceptors (Lipinski definition) is 5. The van der Waals surface area contributed by atoms with Gasteiger partial charge in [0.25, 0.3) is 0 Å². The van der Waals surface area contributed by atoms with Crippen LogP contribution < -0.4 is 5.73 Å². The summed E-state index contributed by atoms with van der Waals surface area (Å²) in [5.74, 6) is -0.103. The maximum atomic E-state index is 11.6. The third-order valence-corrected chi connectivity index (χ3v) is 3.16. The number of aromatic amines is 1. The van der Waals surface area contributed by atoms with Crippen LogP contribution in [0.4, 0.5) is 5.95 Å². The van der Waals surface area contributed by atoms with Crippen molar-refractivity contribution in [3.8, 4) is 11.4 Å². The van der Waals surface area contributed by atoms with Crippen LogP contribution in [-0.4, -0.2) is 28.0 Å². The standard InChI is InChI=1S/C12H12N4O2/c1-18-11(17)8-5-14-10-7(8)3-2-6-4-15-12(13)16-9(6)10/h4-5,14H,2-3H2,1H3,(H2,13,15,16). The van der Waals surface area contributed by atoms with Crippen molar-refractivity contribution in [2.45, 2.75) is 12.8 Å². The minimum atomic E-state index is -0.335. The van der Waals surface area contributed by atoms with Crippen molar-refractivity contribution in [2.75, 3.05) is 12.8 Å². The normalized spacial score (nSPS) is 12.7. The fraction of sp³-hybridized carbons (Fsp3) is 0.250. The number of ether oxygens (including phenoxy) is 1. The van der Waals surface area contributed by atoms with Crippen LogP contribution in [0, 0.1) is 0 Å². The second-order valence-electron chi connectivity index (χ2n) is 4.15. The van der Waals surface area contributed by atoms with Crippen molar-refractivity contribution in [1.82, 2.24) is 15.0 Å². The maximum Gasteiger partial charge on any atom is 0.339 e. The van der Waals surface area contributed by atoms with Gasteiger partial charge >= 0.3 is 5.97 Å². The highest BCUT2D eigenvalue weighted by Gasteiger charge is 2.25. The number of carbonyl (C=O) groups excluding carboxylic acids is 1. The molecule has 18 heavy (non-hydrogen) atoms. The maximum absolute atomic E-state index is 11.6. The zero-order valence-corrected chi connectivity index (χ0v) is 9.86. The van der Waals surface area contributed by atoms with E-state index in [1.807, 2.05) is 0 Å². The summed E-state index contributed by atoms with van der Waals surface area (Å²) in [6.45, 7) is 0. The van der Waals surface area contributed by atoms with Gasteiger partial charge in [0.05, 0.1) is 24.1 Å². The number of aryl methyl sites for hydroxylation is 1. The molecule has 0 unspecified atom stereocenters.